The summed E-state index contributed by atoms with van der Waals surface area (Å²) in [5, 5.41) is 0. The minimum atomic E-state index is -0.534. The van der Waals surface area contributed by atoms with E-state index < -0.39 is 5.41 Å². The Morgan fingerprint density at radius 2 is 1.81 bits per heavy atom. The van der Waals surface area contributed by atoms with E-state index in [2.05, 4.69) is 0 Å². The predicted octanol–water partition coefficient (Wildman–Crippen LogP) is 2.73. The van der Waals surface area contributed by atoms with Crippen LogP contribution < -0.4 is 0 Å². The van der Waals surface area contributed by atoms with Crippen LogP contribution in [0.15, 0.2) is 0 Å². The van der Waals surface area contributed by atoms with Crippen LogP contribution in [-0.4, -0.2) is 18.9 Å². The highest BCUT2D eigenvalue weighted by Crippen LogP contribution is 2.45. The lowest BCUT2D eigenvalue weighted by Gasteiger charge is -2.39. The summed E-state index contributed by atoms with van der Waals surface area (Å²) < 4.78 is 4.93. The van der Waals surface area contributed by atoms with Crippen LogP contribution in [-0.2, 0) is 14.3 Å². The van der Waals surface area contributed by atoms with Gasteiger partial charge in [-0.25, -0.2) is 0 Å². The van der Waals surface area contributed by atoms with Crippen LogP contribution in [0.25, 0.3) is 0 Å². The fourth-order valence-electron chi connectivity index (χ4n) is 3.15. The number of carbonyl (C=O) groups is 2. The van der Waals surface area contributed by atoms with Crippen LogP contribution in [0.5, 0.6) is 0 Å². The van der Waals surface area contributed by atoms with Crippen LogP contribution in [0.4, 0.5) is 0 Å². The van der Waals surface area contributed by atoms with E-state index in [0.717, 1.165) is 38.5 Å². The van der Waals surface area contributed by atoms with Gasteiger partial charge in [0, 0.05) is 5.92 Å². The summed E-state index contributed by atoms with van der Waals surface area (Å²) in [4.78, 5) is 23.7. The Labute approximate surface area is 97.5 Å². The van der Waals surface area contributed by atoms with Gasteiger partial charge in [0.05, 0.1) is 12.5 Å². The molecule has 1 atom stereocenters. The molecule has 1 saturated carbocycles. The first-order chi connectivity index (χ1) is 7.58. The molecule has 0 aromatic carbocycles. The predicted molar refractivity (Wildman–Crippen MR) is 62.0 cm³/mol. The number of esters is 1. The maximum absolute atomic E-state index is 12.0. The Kier molecular flexibility index (Phi) is 4.51. The normalized spacial score (nSPS) is 21.2. The number of hydrogen-bond acceptors (Lipinski definition) is 3. The summed E-state index contributed by atoms with van der Waals surface area (Å²) in [5.74, 6) is -0.232. The SMILES string of the molecule is CCC(C(C)=O)C1(C(=O)OC)CCCCC1. The molecule has 0 radical (unpaired) electrons. The van der Waals surface area contributed by atoms with E-state index in [0.29, 0.717) is 0 Å². The van der Waals surface area contributed by atoms with Crippen molar-refractivity contribution in [3.05, 3.63) is 0 Å². The van der Waals surface area contributed by atoms with E-state index in [9.17, 15) is 9.59 Å². The summed E-state index contributed by atoms with van der Waals surface area (Å²) >= 11 is 0. The molecule has 0 spiro atoms. The van der Waals surface area contributed by atoms with Gasteiger partial charge in [-0.2, -0.15) is 0 Å². The number of ether oxygens (including phenoxy) is 1. The van der Waals surface area contributed by atoms with Crippen LogP contribution in [0, 0.1) is 11.3 Å². The largest absolute Gasteiger partial charge is 0.469 e. The molecule has 1 aliphatic carbocycles. The molecule has 16 heavy (non-hydrogen) atoms. The molecule has 1 rings (SSSR count). The standard InChI is InChI=1S/C13H22O3/c1-4-11(10(2)14)13(12(15)16-3)8-6-5-7-9-13/h11H,4-9H2,1-3H3. The van der Waals surface area contributed by atoms with Crippen LogP contribution >= 0.6 is 0 Å². The fourth-order valence-corrected chi connectivity index (χ4v) is 3.15. The lowest BCUT2D eigenvalue weighted by atomic mass is 9.64. The molecule has 1 aliphatic rings. The molecule has 0 amide bonds. The molecule has 92 valence electrons. The van der Waals surface area contributed by atoms with Crippen molar-refractivity contribution < 1.29 is 14.3 Å². The molecule has 0 N–H and O–H groups in total. The van der Waals surface area contributed by atoms with Crippen molar-refractivity contribution in [2.75, 3.05) is 7.11 Å². The Hall–Kier alpha value is -0.860. The van der Waals surface area contributed by atoms with Crippen molar-refractivity contribution in [1.82, 2.24) is 0 Å². The quantitative estimate of drug-likeness (QED) is 0.692. The fraction of sp³-hybridized carbons (Fsp3) is 0.846. The highest BCUT2D eigenvalue weighted by Gasteiger charge is 2.48. The van der Waals surface area contributed by atoms with Crippen molar-refractivity contribution in [3.8, 4) is 0 Å². The molecule has 0 aromatic rings. The first-order valence-electron chi connectivity index (χ1n) is 6.17. The maximum atomic E-state index is 12.0. The highest BCUT2D eigenvalue weighted by molar-refractivity contribution is 5.88. The van der Waals surface area contributed by atoms with Gasteiger partial charge in [-0.15, -0.1) is 0 Å². The summed E-state index contributed by atoms with van der Waals surface area (Å²) in [6.45, 7) is 3.57. The third-order valence-corrected chi connectivity index (χ3v) is 3.90. The first-order valence-corrected chi connectivity index (χ1v) is 6.17. The number of rotatable bonds is 4. The molecule has 0 heterocycles. The van der Waals surface area contributed by atoms with E-state index >= 15 is 0 Å². The number of hydrogen-bond donors (Lipinski definition) is 0. The maximum Gasteiger partial charge on any atom is 0.312 e. The van der Waals surface area contributed by atoms with Crippen LogP contribution in [0.1, 0.15) is 52.4 Å². The van der Waals surface area contributed by atoms with Gasteiger partial charge >= 0.3 is 5.97 Å². The van der Waals surface area contributed by atoms with E-state index in [-0.39, 0.29) is 17.7 Å². The van der Waals surface area contributed by atoms with Crippen molar-refractivity contribution in [3.63, 3.8) is 0 Å². The van der Waals surface area contributed by atoms with Gasteiger partial charge in [-0.1, -0.05) is 26.2 Å². The molecule has 0 saturated heterocycles. The van der Waals surface area contributed by atoms with E-state index in [1.54, 1.807) is 6.92 Å². The van der Waals surface area contributed by atoms with E-state index in [1.165, 1.54) is 7.11 Å². The number of ketones is 1. The molecule has 1 unspecified atom stereocenters. The van der Waals surface area contributed by atoms with Gasteiger partial charge in [0.25, 0.3) is 0 Å². The Balaban J connectivity index is 3.01. The molecule has 1 fully saturated rings. The summed E-state index contributed by atoms with van der Waals surface area (Å²) in [6, 6.07) is 0. The zero-order chi connectivity index (χ0) is 12.2. The Morgan fingerprint density at radius 3 is 2.19 bits per heavy atom. The average molecular weight is 226 g/mol. The average Bonchev–Trinajstić information content (AvgIpc) is 2.29. The van der Waals surface area contributed by atoms with Crippen molar-refractivity contribution in [2.24, 2.45) is 11.3 Å². The van der Waals surface area contributed by atoms with Gasteiger partial charge in [0.1, 0.15) is 5.78 Å². The van der Waals surface area contributed by atoms with Crippen LogP contribution in [0.2, 0.25) is 0 Å². The van der Waals surface area contributed by atoms with E-state index in [4.69, 9.17) is 4.74 Å². The first kappa shape index (κ1) is 13.2. The smallest absolute Gasteiger partial charge is 0.312 e. The van der Waals surface area contributed by atoms with Crippen molar-refractivity contribution >= 4 is 11.8 Å². The van der Waals surface area contributed by atoms with Gasteiger partial charge in [0.2, 0.25) is 0 Å². The number of Topliss-reactive ketones (excluding diaryl/α,β-unsaturated/α-hetero) is 1. The van der Waals surface area contributed by atoms with Gasteiger partial charge in [-0.05, 0) is 26.2 Å². The second kappa shape index (κ2) is 5.46. The molecule has 3 nitrogen and oxygen atoms in total. The number of methoxy groups -OCH3 is 1. The molecule has 0 aliphatic heterocycles. The van der Waals surface area contributed by atoms with Gasteiger partial charge in [-0.3, -0.25) is 9.59 Å². The topological polar surface area (TPSA) is 43.4 Å². The minimum absolute atomic E-state index is 0.120. The molecule has 0 aromatic heterocycles. The van der Waals surface area contributed by atoms with Crippen molar-refractivity contribution in [2.45, 2.75) is 52.4 Å². The molecular formula is C13H22O3. The molecular weight excluding hydrogens is 204 g/mol. The summed E-state index contributed by atoms with van der Waals surface area (Å²) in [5.41, 5.74) is -0.534. The van der Waals surface area contributed by atoms with Gasteiger partial charge in [0.15, 0.2) is 0 Å². The molecule has 0 bridgehead atoms. The summed E-state index contributed by atoms with van der Waals surface area (Å²) in [7, 11) is 1.42. The third-order valence-electron chi connectivity index (χ3n) is 3.90. The summed E-state index contributed by atoms with van der Waals surface area (Å²) in [6.07, 6.45) is 5.55. The van der Waals surface area contributed by atoms with Gasteiger partial charge < -0.3 is 4.74 Å². The second-order valence-corrected chi connectivity index (χ2v) is 4.78. The zero-order valence-electron chi connectivity index (χ0n) is 10.5. The monoisotopic (exact) mass is 226 g/mol. The minimum Gasteiger partial charge on any atom is -0.469 e. The van der Waals surface area contributed by atoms with E-state index in [1.807, 2.05) is 6.92 Å². The molecule has 3 heteroatoms. The Morgan fingerprint density at radius 1 is 1.25 bits per heavy atom. The number of carbonyl (C=O) groups excluding carboxylic acids is 2. The Bertz CT molecular complexity index is 264. The lowest BCUT2D eigenvalue weighted by molar-refractivity contribution is -0.162. The van der Waals surface area contributed by atoms with Crippen LogP contribution in [0.3, 0.4) is 0 Å². The zero-order valence-corrected chi connectivity index (χ0v) is 10.5. The highest BCUT2D eigenvalue weighted by atomic mass is 16.5. The van der Waals surface area contributed by atoms with Crippen molar-refractivity contribution in [1.29, 1.82) is 0 Å². The third kappa shape index (κ3) is 2.28. The second-order valence-electron chi connectivity index (χ2n) is 4.78. The lowest BCUT2D eigenvalue weighted by Crippen LogP contribution is -2.44.